The second kappa shape index (κ2) is 11.2. The molecule has 1 fully saturated rings. The van der Waals surface area contributed by atoms with Crippen molar-refractivity contribution in [2.75, 3.05) is 18.0 Å². The molecule has 8 heteroatoms. The van der Waals surface area contributed by atoms with Gasteiger partial charge in [0.1, 0.15) is 5.76 Å². The molecule has 1 unspecified atom stereocenters. The van der Waals surface area contributed by atoms with Gasteiger partial charge in [0.2, 0.25) is 5.91 Å². The van der Waals surface area contributed by atoms with Gasteiger partial charge in [0.15, 0.2) is 5.69 Å². The van der Waals surface area contributed by atoms with Crippen LogP contribution in [-0.4, -0.2) is 41.1 Å². The number of nitrogens with one attached hydrogen (secondary N) is 2. The molecular weight excluding hydrogens is 478 g/mol. The lowest BCUT2D eigenvalue weighted by molar-refractivity contribution is -0.118. The van der Waals surface area contributed by atoms with E-state index in [2.05, 4.69) is 44.4 Å². The van der Waals surface area contributed by atoms with Crippen molar-refractivity contribution in [1.29, 1.82) is 0 Å². The Labute approximate surface area is 224 Å². The minimum Gasteiger partial charge on any atom is -0.368 e. The predicted octanol–water partition coefficient (Wildman–Crippen LogP) is 4.93. The molecule has 3 aromatic rings. The predicted molar refractivity (Wildman–Crippen MR) is 149 cm³/mol. The topological polar surface area (TPSA) is 100 Å². The van der Waals surface area contributed by atoms with E-state index in [1.165, 1.54) is 0 Å². The van der Waals surface area contributed by atoms with E-state index < -0.39 is 0 Å². The van der Waals surface area contributed by atoms with E-state index in [-0.39, 0.29) is 29.0 Å². The first-order valence-corrected chi connectivity index (χ1v) is 13.0. The Balaban J connectivity index is 1.46. The minimum atomic E-state index is -0.262. The first kappa shape index (κ1) is 27.1. The fourth-order valence-electron chi connectivity index (χ4n) is 4.57. The molecule has 38 heavy (non-hydrogen) atoms. The molecule has 1 aromatic carbocycles. The summed E-state index contributed by atoms with van der Waals surface area (Å²) in [6, 6.07) is 10.1. The first-order chi connectivity index (χ1) is 18.0. The number of benzene rings is 1. The van der Waals surface area contributed by atoms with Crippen LogP contribution in [0.15, 0.2) is 59.4 Å². The van der Waals surface area contributed by atoms with Gasteiger partial charge in [0.25, 0.3) is 5.91 Å². The number of anilines is 1. The number of amides is 2. The van der Waals surface area contributed by atoms with Crippen molar-refractivity contribution in [1.82, 2.24) is 20.8 Å². The van der Waals surface area contributed by atoms with E-state index in [0.717, 1.165) is 53.9 Å². The number of carbonyl (C=O) groups is 2. The molecular formula is C30H37N5O3. The van der Waals surface area contributed by atoms with Crippen molar-refractivity contribution in [3.8, 4) is 11.1 Å². The van der Waals surface area contributed by atoms with Crippen LogP contribution < -0.4 is 15.5 Å². The summed E-state index contributed by atoms with van der Waals surface area (Å²) >= 11 is 0. The molecule has 2 amide bonds. The smallest absolute Gasteiger partial charge is 0.273 e. The molecule has 4 rings (SSSR count). The third-order valence-corrected chi connectivity index (χ3v) is 6.86. The molecule has 8 nitrogen and oxygen atoms in total. The van der Waals surface area contributed by atoms with Crippen LogP contribution in [0.5, 0.6) is 0 Å². The first-order valence-electron chi connectivity index (χ1n) is 13.0. The molecule has 0 spiro atoms. The summed E-state index contributed by atoms with van der Waals surface area (Å²) in [4.78, 5) is 31.5. The highest BCUT2D eigenvalue weighted by molar-refractivity contribution is 5.92. The number of pyridine rings is 1. The molecule has 2 N–H and O–H groups in total. The van der Waals surface area contributed by atoms with Gasteiger partial charge < -0.3 is 20.1 Å². The van der Waals surface area contributed by atoms with Crippen LogP contribution >= 0.6 is 0 Å². The van der Waals surface area contributed by atoms with Crippen molar-refractivity contribution in [3.05, 3.63) is 77.5 Å². The zero-order valence-corrected chi connectivity index (χ0v) is 22.9. The van der Waals surface area contributed by atoms with Gasteiger partial charge in [0, 0.05) is 54.5 Å². The summed E-state index contributed by atoms with van der Waals surface area (Å²) in [6.07, 6.45) is 5.62. The zero-order valence-electron chi connectivity index (χ0n) is 22.9. The second-order valence-electron chi connectivity index (χ2n) is 11.1. The summed E-state index contributed by atoms with van der Waals surface area (Å²) < 4.78 is 5.34. The molecule has 0 bridgehead atoms. The minimum absolute atomic E-state index is 0.0675. The lowest BCUT2D eigenvalue weighted by Crippen LogP contribution is -2.48. The normalized spacial score (nSPS) is 15.7. The van der Waals surface area contributed by atoms with Gasteiger partial charge in [-0.3, -0.25) is 14.6 Å². The van der Waals surface area contributed by atoms with Crippen LogP contribution in [-0.2, 0) is 16.8 Å². The van der Waals surface area contributed by atoms with Gasteiger partial charge in [-0.2, -0.15) is 0 Å². The summed E-state index contributed by atoms with van der Waals surface area (Å²) in [7, 11) is 0. The van der Waals surface area contributed by atoms with Crippen LogP contribution in [0.1, 0.15) is 67.9 Å². The van der Waals surface area contributed by atoms with Crippen LogP contribution in [0.4, 0.5) is 5.69 Å². The largest absolute Gasteiger partial charge is 0.368 e. The number of nitrogens with zero attached hydrogens (tertiary/aromatic N) is 3. The zero-order chi connectivity index (χ0) is 27.4. The van der Waals surface area contributed by atoms with Crippen molar-refractivity contribution in [3.63, 3.8) is 0 Å². The maximum atomic E-state index is 12.6. The molecule has 3 heterocycles. The Hall–Kier alpha value is -3.94. The van der Waals surface area contributed by atoms with Gasteiger partial charge in [0.05, 0.1) is 11.9 Å². The van der Waals surface area contributed by atoms with Gasteiger partial charge in [-0.15, -0.1) is 0 Å². The Kier molecular flexibility index (Phi) is 7.99. The Bertz CT molecular complexity index is 1340. The van der Waals surface area contributed by atoms with E-state index >= 15 is 0 Å². The van der Waals surface area contributed by atoms with Crippen molar-refractivity contribution >= 4 is 17.5 Å². The molecule has 2 aromatic heterocycles. The number of carbonyl (C=O) groups excluding carboxylic acids is 2. The van der Waals surface area contributed by atoms with Crippen LogP contribution in [0.2, 0.25) is 0 Å². The summed E-state index contributed by atoms with van der Waals surface area (Å²) in [5, 5.41) is 9.97. The quantitative estimate of drug-likeness (QED) is 0.433. The monoisotopic (exact) mass is 515 g/mol. The van der Waals surface area contributed by atoms with Gasteiger partial charge in [-0.25, -0.2) is 0 Å². The third kappa shape index (κ3) is 6.30. The second-order valence-corrected chi connectivity index (χ2v) is 11.1. The number of hydrogen-bond donors (Lipinski definition) is 2. The molecule has 1 aliphatic rings. The lowest BCUT2D eigenvalue weighted by atomic mass is 9.93. The van der Waals surface area contributed by atoms with E-state index in [1.807, 2.05) is 46.0 Å². The van der Waals surface area contributed by atoms with E-state index in [4.69, 9.17) is 4.52 Å². The standard InChI is InChI=1S/C30H37N5O3/c1-19(2)28(36)33-23-8-7-13-35(18-23)26-17-31-12-11-24(26)21-9-10-22(20(3)14-21)16-32-29(37)25-15-27(38-34-25)30(4,5)6/h9-12,14-15,17,23H,1,7-8,13,16,18H2,2-6H3,(H,32,37)(H,33,36). The molecule has 0 saturated carbocycles. The van der Waals surface area contributed by atoms with Gasteiger partial charge >= 0.3 is 0 Å². The highest BCUT2D eigenvalue weighted by Gasteiger charge is 2.24. The molecule has 0 radical (unpaired) electrons. The average Bonchev–Trinajstić information content (AvgIpc) is 3.39. The number of hydrogen-bond acceptors (Lipinski definition) is 6. The Morgan fingerprint density at radius 1 is 1.21 bits per heavy atom. The van der Waals surface area contributed by atoms with Crippen molar-refractivity contribution in [2.45, 2.75) is 65.5 Å². The number of aromatic nitrogens is 2. The Morgan fingerprint density at radius 2 is 2.00 bits per heavy atom. The summed E-state index contributed by atoms with van der Waals surface area (Å²) in [5.74, 6) is 0.317. The number of piperidine rings is 1. The highest BCUT2D eigenvalue weighted by Crippen LogP contribution is 2.33. The van der Waals surface area contributed by atoms with Gasteiger partial charge in [-0.1, -0.05) is 50.7 Å². The van der Waals surface area contributed by atoms with Gasteiger partial charge in [-0.05, 0) is 49.4 Å². The van der Waals surface area contributed by atoms with Crippen LogP contribution in [0.25, 0.3) is 11.1 Å². The van der Waals surface area contributed by atoms with Crippen molar-refractivity contribution in [2.24, 2.45) is 0 Å². The maximum absolute atomic E-state index is 12.6. The SMILES string of the molecule is C=C(C)C(=O)NC1CCCN(c2cnccc2-c2ccc(CNC(=O)c3cc(C(C)(C)C)on3)c(C)c2)C1. The van der Waals surface area contributed by atoms with Crippen LogP contribution in [0.3, 0.4) is 0 Å². The maximum Gasteiger partial charge on any atom is 0.273 e. The van der Waals surface area contributed by atoms with E-state index in [1.54, 1.807) is 19.2 Å². The molecule has 0 aliphatic carbocycles. The third-order valence-electron chi connectivity index (χ3n) is 6.86. The number of aryl methyl sites for hydroxylation is 1. The van der Waals surface area contributed by atoms with Crippen LogP contribution in [0, 0.1) is 6.92 Å². The highest BCUT2D eigenvalue weighted by atomic mass is 16.5. The lowest BCUT2D eigenvalue weighted by Gasteiger charge is -2.35. The fourth-order valence-corrected chi connectivity index (χ4v) is 4.57. The number of rotatable bonds is 7. The molecule has 1 aliphatic heterocycles. The van der Waals surface area contributed by atoms with E-state index in [0.29, 0.717) is 17.9 Å². The Morgan fingerprint density at radius 3 is 2.68 bits per heavy atom. The fraction of sp³-hybridized carbons (Fsp3) is 0.400. The summed E-state index contributed by atoms with van der Waals surface area (Å²) in [5.41, 5.74) is 5.90. The molecule has 200 valence electrons. The average molecular weight is 516 g/mol. The summed E-state index contributed by atoms with van der Waals surface area (Å²) in [6.45, 7) is 15.6. The molecule has 1 saturated heterocycles. The van der Waals surface area contributed by atoms with Crippen molar-refractivity contribution < 1.29 is 14.1 Å². The van der Waals surface area contributed by atoms with E-state index in [9.17, 15) is 9.59 Å². The molecule has 1 atom stereocenters.